The highest BCUT2D eigenvalue weighted by atomic mass is 32.1. The molecule has 1 amide bonds. The van der Waals surface area contributed by atoms with Gasteiger partial charge in [-0.05, 0) is 75.1 Å². The number of carbonyl (C=O) groups excluding carboxylic acids is 2. The van der Waals surface area contributed by atoms with E-state index in [4.69, 9.17) is 23.7 Å². The number of allylic oxidation sites excluding steroid dienone is 1. The molecule has 230 valence electrons. The number of hydrogen-bond donors (Lipinski definition) is 0. The minimum atomic E-state index is -0.773. The number of thiazole rings is 1. The summed E-state index contributed by atoms with van der Waals surface area (Å²) in [6.45, 7) is 7.46. The van der Waals surface area contributed by atoms with E-state index in [-0.39, 0.29) is 37.0 Å². The van der Waals surface area contributed by atoms with E-state index >= 15 is 0 Å². The number of nitrogens with zero attached hydrogens (tertiary/aromatic N) is 3. The fourth-order valence-electron chi connectivity index (χ4n) is 5.54. The van der Waals surface area contributed by atoms with Crippen molar-refractivity contribution >= 4 is 29.3 Å². The summed E-state index contributed by atoms with van der Waals surface area (Å²) in [5.74, 6) is 1.47. The molecule has 3 aliphatic heterocycles. The maximum absolute atomic E-state index is 14.0. The lowest BCUT2D eigenvalue weighted by molar-refractivity contribution is -0.139. The van der Waals surface area contributed by atoms with Gasteiger partial charge in [-0.25, -0.2) is 9.79 Å². The van der Waals surface area contributed by atoms with E-state index < -0.39 is 12.0 Å². The third-order valence-electron chi connectivity index (χ3n) is 7.60. The number of carbonyl (C=O) groups is 2. The van der Waals surface area contributed by atoms with Gasteiger partial charge in [-0.3, -0.25) is 14.2 Å². The van der Waals surface area contributed by atoms with Gasteiger partial charge in [0.25, 0.3) is 11.5 Å². The third kappa shape index (κ3) is 5.69. The maximum Gasteiger partial charge on any atom is 0.338 e. The Balaban J connectivity index is 1.37. The zero-order chi connectivity index (χ0) is 30.8. The molecule has 0 radical (unpaired) electrons. The van der Waals surface area contributed by atoms with Crippen LogP contribution >= 0.6 is 11.3 Å². The molecule has 1 saturated heterocycles. The zero-order valence-corrected chi connectivity index (χ0v) is 25.6. The second-order valence-corrected chi connectivity index (χ2v) is 11.4. The van der Waals surface area contributed by atoms with Crippen molar-refractivity contribution in [1.82, 2.24) is 9.47 Å². The summed E-state index contributed by atoms with van der Waals surface area (Å²) in [6.07, 6.45) is 3.78. The molecule has 11 nitrogen and oxygen atoms in total. The van der Waals surface area contributed by atoms with Gasteiger partial charge in [-0.1, -0.05) is 23.5 Å². The Bertz CT molecular complexity index is 1820. The van der Waals surface area contributed by atoms with Crippen LogP contribution in [0, 0.1) is 0 Å². The smallest absolute Gasteiger partial charge is 0.338 e. The van der Waals surface area contributed by atoms with Crippen molar-refractivity contribution in [3.8, 4) is 23.0 Å². The highest BCUT2D eigenvalue weighted by molar-refractivity contribution is 7.07. The normalized spacial score (nSPS) is 17.4. The lowest BCUT2D eigenvalue weighted by Gasteiger charge is -2.24. The minimum Gasteiger partial charge on any atom is -0.490 e. The van der Waals surface area contributed by atoms with Gasteiger partial charge in [0.05, 0.1) is 35.1 Å². The molecular formula is C32H33N3O8S. The maximum atomic E-state index is 14.0. The van der Waals surface area contributed by atoms with E-state index in [0.29, 0.717) is 55.8 Å². The molecule has 0 saturated carbocycles. The van der Waals surface area contributed by atoms with E-state index in [2.05, 4.69) is 4.99 Å². The molecule has 1 aromatic heterocycles. The number of fused-ring (bicyclic) bond motifs is 2. The van der Waals surface area contributed by atoms with Crippen LogP contribution in [0.1, 0.15) is 50.8 Å². The van der Waals surface area contributed by atoms with E-state index in [1.165, 1.54) is 15.9 Å². The number of benzene rings is 2. The van der Waals surface area contributed by atoms with E-state index in [1.807, 2.05) is 13.0 Å². The molecule has 12 heteroatoms. The Hall–Kier alpha value is -4.58. The van der Waals surface area contributed by atoms with Gasteiger partial charge in [-0.2, -0.15) is 0 Å². The van der Waals surface area contributed by atoms with Gasteiger partial charge in [0.2, 0.25) is 6.79 Å². The van der Waals surface area contributed by atoms with Crippen LogP contribution in [0.15, 0.2) is 57.5 Å². The predicted molar refractivity (Wildman–Crippen MR) is 162 cm³/mol. The molecule has 44 heavy (non-hydrogen) atoms. The summed E-state index contributed by atoms with van der Waals surface area (Å²) in [6, 6.07) is 9.92. The number of amides is 1. The molecule has 0 unspecified atom stereocenters. The first-order chi connectivity index (χ1) is 21.4. The van der Waals surface area contributed by atoms with Crippen LogP contribution in [0.3, 0.4) is 0 Å². The molecule has 0 N–H and O–H groups in total. The molecule has 6 rings (SSSR count). The molecule has 3 aliphatic rings. The van der Waals surface area contributed by atoms with Crippen molar-refractivity contribution in [3.63, 3.8) is 0 Å². The summed E-state index contributed by atoms with van der Waals surface area (Å²) < 4.78 is 30.1. The van der Waals surface area contributed by atoms with Crippen molar-refractivity contribution in [2.24, 2.45) is 4.99 Å². The number of ether oxygens (including phenoxy) is 5. The monoisotopic (exact) mass is 619 g/mol. The minimum absolute atomic E-state index is 0.0513. The van der Waals surface area contributed by atoms with Crippen LogP contribution in [0.5, 0.6) is 23.0 Å². The van der Waals surface area contributed by atoms with E-state index in [9.17, 15) is 14.4 Å². The van der Waals surface area contributed by atoms with Crippen LogP contribution in [0.4, 0.5) is 0 Å². The Morgan fingerprint density at radius 1 is 1.02 bits per heavy atom. The Labute approximate surface area is 257 Å². The summed E-state index contributed by atoms with van der Waals surface area (Å²) in [5, 5.41) is 0. The highest BCUT2D eigenvalue weighted by Crippen LogP contribution is 2.38. The molecule has 3 aromatic rings. The average molecular weight is 620 g/mol. The first-order valence-corrected chi connectivity index (χ1v) is 15.5. The van der Waals surface area contributed by atoms with Crippen molar-refractivity contribution in [2.75, 3.05) is 39.7 Å². The number of likely N-dealkylation sites (tertiary alicyclic amines) is 1. The fraction of sp³-hybridized carbons (Fsp3) is 0.375. The molecule has 0 spiro atoms. The highest BCUT2D eigenvalue weighted by Gasteiger charge is 2.34. The molecule has 4 heterocycles. The molecular weight excluding hydrogens is 586 g/mol. The third-order valence-corrected chi connectivity index (χ3v) is 8.59. The second-order valence-electron chi connectivity index (χ2n) is 10.4. The number of rotatable bonds is 9. The first kappa shape index (κ1) is 29.5. The molecule has 1 fully saturated rings. The Morgan fingerprint density at radius 2 is 1.82 bits per heavy atom. The average Bonchev–Trinajstić information content (AvgIpc) is 3.77. The standard InChI is InChI=1S/C32H33N3O8S/c1-4-39-24-14-20(8-10-22(24)41-17-27(36)34-12-6-7-13-34)15-26-30(37)35-29(21-9-11-23-25(16-21)43-18-42-23)28(31(38)40-5-2)19(3)33-32(35)44-26/h8-11,14-16,29H,4-7,12-13,17-18H2,1-3H3/b26-15+/t29-/m0/s1. The first-order valence-electron chi connectivity index (χ1n) is 14.6. The summed E-state index contributed by atoms with van der Waals surface area (Å²) >= 11 is 1.23. The molecule has 2 aromatic carbocycles. The van der Waals surface area contributed by atoms with Gasteiger partial charge in [0.15, 0.2) is 34.4 Å². The number of esters is 1. The van der Waals surface area contributed by atoms with Crippen LogP contribution in [-0.2, 0) is 14.3 Å². The summed E-state index contributed by atoms with van der Waals surface area (Å²) in [7, 11) is 0. The topological polar surface area (TPSA) is 118 Å². The largest absolute Gasteiger partial charge is 0.490 e. The fourth-order valence-corrected chi connectivity index (χ4v) is 6.59. The van der Waals surface area contributed by atoms with Gasteiger partial charge in [-0.15, -0.1) is 0 Å². The lowest BCUT2D eigenvalue weighted by Crippen LogP contribution is -2.39. The number of aromatic nitrogens is 1. The van der Waals surface area contributed by atoms with Crippen molar-refractivity contribution < 1.29 is 33.3 Å². The van der Waals surface area contributed by atoms with Crippen molar-refractivity contribution in [3.05, 3.63) is 78.5 Å². The van der Waals surface area contributed by atoms with E-state index in [1.54, 1.807) is 55.2 Å². The quantitative estimate of drug-likeness (QED) is 0.336. The molecule has 0 bridgehead atoms. The number of hydrogen-bond acceptors (Lipinski definition) is 10. The van der Waals surface area contributed by atoms with Gasteiger partial charge in [0, 0.05) is 13.1 Å². The SMILES string of the molecule is CCOC(=O)C1=C(C)N=c2s/c(=C/c3ccc(OCC(=O)N4CCCC4)c(OCC)c3)c(=O)n2[C@H]1c1ccc2c(c1)OCO2. The van der Waals surface area contributed by atoms with Crippen LogP contribution < -0.4 is 33.8 Å². The van der Waals surface area contributed by atoms with Crippen LogP contribution in [0.25, 0.3) is 6.08 Å². The second kappa shape index (κ2) is 12.6. The molecule has 0 aliphatic carbocycles. The Kier molecular flexibility index (Phi) is 8.42. The molecule has 1 atom stereocenters. The van der Waals surface area contributed by atoms with Crippen molar-refractivity contribution in [1.29, 1.82) is 0 Å². The van der Waals surface area contributed by atoms with Gasteiger partial charge in [0.1, 0.15) is 0 Å². The van der Waals surface area contributed by atoms with Crippen LogP contribution in [-0.4, -0.2) is 61.0 Å². The van der Waals surface area contributed by atoms with E-state index in [0.717, 1.165) is 25.9 Å². The Morgan fingerprint density at radius 3 is 2.59 bits per heavy atom. The van der Waals surface area contributed by atoms with Crippen LogP contribution in [0.2, 0.25) is 0 Å². The predicted octanol–water partition coefficient (Wildman–Crippen LogP) is 2.93. The zero-order valence-electron chi connectivity index (χ0n) is 24.8. The van der Waals surface area contributed by atoms with Gasteiger partial charge < -0.3 is 28.6 Å². The van der Waals surface area contributed by atoms with Crippen molar-refractivity contribution in [2.45, 2.75) is 39.7 Å². The van der Waals surface area contributed by atoms with Gasteiger partial charge >= 0.3 is 5.97 Å². The summed E-state index contributed by atoms with van der Waals surface area (Å²) in [4.78, 5) is 46.6. The summed E-state index contributed by atoms with van der Waals surface area (Å²) in [5.41, 5.74) is 1.83. The lowest BCUT2D eigenvalue weighted by atomic mass is 9.95.